The minimum absolute atomic E-state index is 0.775. The molecule has 0 bridgehead atoms. The molecule has 13 heavy (non-hydrogen) atoms. The van der Waals surface area contributed by atoms with Crippen LogP contribution in [-0.4, -0.2) is 5.71 Å². The number of hydrogen-bond acceptors (Lipinski definition) is 1. The molecule has 0 aromatic heterocycles. The van der Waals surface area contributed by atoms with Crippen molar-refractivity contribution in [3.63, 3.8) is 0 Å². The molecule has 2 heteroatoms. The lowest BCUT2D eigenvalue weighted by atomic mass is 10.1. The molecule has 0 heterocycles. The van der Waals surface area contributed by atoms with Crippen LogP contribution >= 0.6 is 15.9 Å². The summed E-state index contributed by atoms with van der Waals surface area (Å²) in [6, 6.07) is 8.38. The second-order valence-corrected chi connectivity index (χ2v) is 4.18. The molecule has 0 atom stereocenters. The number of aryl methyl sites for hydroxylation is 1. The molecule has 1 aromatic carbocycles. The van der Waals surface area contributed by atoms with Crippen molar-refractivity contribution in [3.8, 4) is 0 Å². The lowest BCUT2D eigenvalue weighted by Crippen LogP contribution is -1.91. The van der Waals surface area contributed by atoms with Crippen molar-refractivity contribution >= 4 is 21.6 Å². The van der Waals surface area contributed by atoms with Crippen LogP contribution in [0.5, 0.6) is 0 Å². The van der Waals surface area contributed by atoms with Crippen LogP contribution in [0.3, 0.4) is 0 Å². The van der Waals surface area contributed by atoms with Gasteiger partial charge in [0.15, 0.2) is 0 Å². The second-order valence-electron chi connectivity index (χ2n) is 3.26. The Bertz CT molecular complexity index is 277. The van der Waals surface area contributed by atoms with E-state index in [1.54, 1.807) is 0 Å². The van der Waals surface area contributed by atoms with Gasteiger partial charge in [-0.05, 0) is 43.9 Å². The Balaban J connectivity index is 2.37. The molecule has 0 radical (unpaired) electrons. The summed E-state index contributed by atoms with van der Waals surface area (Å²) in [5, 5.41) is 7.29. The van der Waals surface area contributed by atoms with Crippen molar-refractivity contribution in [3.05, 3.63) is 34.3 Å². The van der Waals surface area contributed by atoms with Gasteiger partial charge in [0, 0.05) is 10.2 Å². The number of benzene rings is 1. The fraction of sp³-hybridized carbons (Fsp3) is 0.364. The maximum Gasteiger partial charge on any atom is 0.0175 e. The van der Waals surface area contributed by atoms with E-state index >= 15 is 0 Å². The molecule has 0 amide bonds. The Hall–Kier alpha value is -0.630. The molecule has 1 rings (SSSR count). The van der Waals surface area contributed by atoms with E-state index in [9.17, 15) is 0 Å². The first-order chi connectivity index (χ1) is 6.18. The van der Waals surface area contributed by atoms with E-state index < -0.39 is 0 Å². The second kappa shape index (κ2) is 5.18. The van der Waals surface area contributed by atoms with Gasteiger partial charge in [-0.1, -0.05) is 28.1 Å². The molecule has 1 N–H and O–H groups in total. The van der Waals surface area contributed by atoms with E-state index in [0.717, 1.165) is 29.4 Å². The Morgan fingerprint density at radius 3 is 2.46 bits per heavy atom. The molecule has 0 fully saturated rings. The summed E-state index contributed by atoms with van der Waals surface area (Å²) in [4.78, 5) is 0. The number of rotatable bonds is 4. The molecule has 1 aromatic rings. The summed E-state index contributed by atoms with van der Waals surface area (Å²) in [6.45, 7) is 1.86. The monoisotopic (exact) mass is 236 g/mol. The third-order valence-corrected chi connectivity index (χ3v) is 2.46. The highest BCUT2D eigenvalue weighted by atomic mass is 75.9. The number of nitrogens with one attached hydrogen (secondary N) is 1. The van der Waals surface area contributed by atoms with Crippen LogP contribution in [0.1, 0.15) is 25.3 Å². The van der Waals surface area contributed by atoms with Crippen LogP contribution < -0.4 is 0 Å². The SMILES string of the molecule is CC(=N)CCCc1ccc([76Br])cc1. The summed E-state index contributed by atoms with van der Waals surface area (Å²) in [5.41, 5.74) is 2.13. The topological polar surface area (TPSA) is 23.9 Å². The van der Waals surface area contributed by atoms with Crippen molar-refractivity contribution in [2.24, 2.45) is 0 Å². The van der Waals surface area contributed by atoms with Crippen molar-refractivity contribution < 1.29 is 0 Å². The van der Waals surface area contributed by atoms with Gasteiger partial charge >= 0.3 is 0 Å². The van der Waals surface area contributed by atoms with Crippen molar-refractivity contribution in [1.29, 1.82) is 5.41 Å². The highest BCUT2D eigenvalue weighted by molar-refractivity contribution is 9.10. The molecule has 0 saturated heterocycles. The Morgan fingerprint density at radius 1 is 1.31 bits per heavy atom. The Labute approximate surface area is 87.8 Å². The smallest absolute Gasteiger partial charge is 0.0175 e. The Morgan fingerprint density at radius 2 is 1.92 bits per heavy atom. The van der Waals surface area contributed by atoms with Crippen LogP contribution in [-0.2, 0) is 6.42 Å². The van der Waals surface area contributed by atoms with E-state index in [-0.39, 0.29) is 0 Å². The largest absolute Gasteiger partial charge is 0.310 e. The summed E-state index contributed by atoms with van der Waals surface area (Å²) in [7, 11) is 0. The van der Waals surface area contributed by atoms with Gasteiger partial charge in [-0.2, -0.15) is 0 Å². The molecule has 0 spiro atoms. The van der Waals surface area contributed by atoms with Gasteiger partial charge in [0.2, 0.25) is 0 Å². The average molecular weight is 236 g/mol. The van der Waals surface area contributed by atoms with Gasteiger partial charge in [0.1, 0.15) is 0 Å². The third-order valence-electron chi connectivity index (χ3n) is 1.93. The average Bonchev–Trinajstić information content (AvgIpc) is 2.08. The minimum atomic E-state index is 0.775. The highest BCUT2D eigenvalue weighted by Gasteiger charge is 1.94. The first-order valence-electron chi connectivity index (χ1n) is 4.47. The van der Waals surface area contributed by atoms with Crippen molar-refractivity contribution in [2.75, 3.05) is 0 Å². The van der Waals surface area contributed by atoms with E-state index in [0.29, 0.717) is 0 Å². The molecule has 0 aliphatic heterocycles. The first kappa shape index (κ1) is 10.5. The number of hydrogen-bond donors (Lipinski definition) is 1. The van der Waals surface area contributed by atoms with E-state index in [2.05, 4.69) is 40.2 Å². The van der Waals surface area contributed by atoms with E-state index in [1.807, 2.05) is 6.92 Å². The first-order valence-corrected chi connectivity index (χ1v) is 5.26. The summed E-state index contributed by atoms with van der Waals surface area (Å²) < 4.78 is 1.12. The van der Waals surface area contributed by atoms with Crippen molar-refractivity contribution in [1.82, 2.24) is 0 Å². The number of halogens is 1. The van der Waals surface area contributed by atoms with Crippen molar-refractivity contribution in [2.45, 2.75) is 26.2 Å². The predicted molar refractivity (Wildman–Crippen MR) is 60.5 cm³/mol. The molecule has 0 saturated carbocycles. The van der Waals surface area contributed by atoms with Crippen LogP contribution in [0.4, 0.5) is 0 Å². The van der Waals surface area contributed by atoms with Gasteiger partial charge in [-0.15, -0.1) is 0 Å². The quantitative estimate of drug-likeness (QED) is 0.768. The van der Waals surface area contributed by atoms with E-state index in [1.165, 1.54) is 5.56 Å². The van der Waals surface area contributed by atoms with Gasteiger partial charge < -0.3 is 5.41 Å². The summed E-state index contributed by atoms with van der Waals surface area (Å²) >= 11 is 3.40. The normalized spacial score (nSPS) is 10.0. The zero-order valence-electron chi connectivity index (χ0n) is 7.81. The molecule has 1 nitrogen and oxygen atoms in total. The lowest BCUT2D eigenvalue weighted by Gasteiger charge is -2.00. The fourth-order valence-electron chi connectivity index (χ4n) is 1.21. The Kier molecular flexibility index (Phi) is 4.16. The molecule has 70 valence electrons. The fourth-order valence-corrected chi connectivity index (χ4v) is 1.47. The maximum atomic E-state index is 7.29. The van der Waals surface area contributed by atoms with Gasteiger partial charge in [0.05, 0.1) is 0 Å². The van der Waals surface area contributed by atoms with Crippen LogP contribution in [0.25, 0.3) is 0 Å². The zero-order chi connectivity index (χ0) is 9.68. The van der Waals surface area contributed by atoms with Crippen LogP contribution in [0, 0.1) is 5.41 Å². The lowest BCUT2D eigenvalue weighted by molar-refractivity contribution is 0.860. The standard InChI is InChI=1S/C11H14BrN/c1-9(13)3-2-4-10-5-7-11(12)8-6-10/h5-8,13H,2-4H2,1H3/i12-4. The zero-order valence-corrected chi connectivity index (χ0v) is 9.39. The van der Waals surface area contributed by atoms with Gasteiger partial charge in [0.25, 0.3) is 0 Å². The third kappa shape index (κ3) is 4.23. The highest BCUT2D eigenvalue weighted by Crippen LogP contribution is 2.12. The molecule has 0 unspecified atom stereocenters. The molecular formula is C11H14BrN. The summed E-state index contributed by atoms with van der Waals surface area (Å²) in [5.74, 6) is 0. The molecule has 0 aliphatic rings. The predicted octanol–water partition coefficient (Wildman–Crippen LogP) is 3.81. The van der Waals surface area contributed by atoms with Crippen LogP contribution in [0.2, 0.25) is 0 Å². The van der Waals surface area contributed by atoms with Gasteiger partial charge in [-0.25, -0.2) is 0 Å². The maximum absolute atomic E-state index is 7.29. The minimum Gasteiger partial charge on any atom is -0.310 e. The van der Waals surface area contributed by atoms with Crippen LogP contribution in [0.15, 0.2) is 28.7 Å². The van der Waals surface area contributed by atoms with Gasteiger partial charge in [-0.3, -0.25) is 0 Å². The molecule has 0 aliphatic carbocycles. The summed E-state index contributed by atoms with van der Waals surface area (Å²) in [6.07, 6.45) is 3.07. The van der Waals surface area contributed by atoms with E-state index in [4.69, 9.17) is 5.41 Å². The molecular weight excluding hydrogens is 222 g/mol.